The van der Waals surface area contributed by atoms with Crippen LogP contribution >= 0.6 is 27.3 Å². The standard InChI is InChI=1S/C22H22BrN5O4S/c1-2-31-22(30)27-10-8-26(9-11-27)17(14-5-3-6-15(23)13-14)18-20(29)28-21(33-18)24-19(25-28)16-7-4-12-32-16/h3-7,12-13,17,29H,2,8-11H2,1H3/t17-/m0/s1. The summed E-state index contributed by atoms with van der Waals surface area (Å²) in [6.45, 7) is 4.54. The molecule has 0 unspecified atom stereocenters. The van der Waals surface area contributed by atoms with Gasteiger partial charge in [0.1, 0.15) is 0 Å². The molecule has 9 nitrogen and oxygen atoms in total. The molecule has 1 atom stereocenters. The number of thiazole rings is 1. The monoisotopic (exact) mass is 531 g/mol. The molecule has 11 heteroatoms. The number of hydrogen-bond acceptors (Lipinski definition) is 8. The number of rotatable bonds is 5. The van der Waals surface area contributed by atoms with Gasteiger partial charge in [-0.15, -0.1) is 5.10 Å². The largest absolute Gasteiger partial charge is 0.492 e. The second-order valence-electron chi connectivity index (χ2n) is 7.58. The quantitative estimate of drug-likeness (QED) is 0.408. The maximum absolute atomic E-state index is 12.1. The van der Waals surface area contributed by atoms with Gasteiger partial charge in [-0.3, -0.25) is 4.90 Å². The van der Waals surface area contributed by atoms with E-state index in [1.807, 2.05) is 24.3 Å². The van der Waals surface area contributed by atoms with Crippen molar-refractivity contribution < 1.29 is 19.1 Å². The van der Waals surface area contributed by atoms with Crippen molar-refractivity contribution in [1.29, 1.82) is 0 Å². The number of fused-ring (bicyclic) bond motifs is 1. The fraction of sp³-hybridized carbons (Fsp3) is 0.318. The molecule has 33 heavy (non-hydrogen) atoms. The number of carbonyl (C=O) groups is 1. The van der Waals surface area contributed by atoms with E-state index >= 15 is 0 Å². The smallest absolute Gasteiger partial charge is 0.409 e. The Labute approximate surface area is 202 Å². The van der Waals surface area contributed by atoms with Crippen molar-refractivity contribution >= 4 is 38.3 Å². The van der Waals surface area contributed by atoms with Gasteiger partial charge < -0.3 is 19.2 Å². The number of piperazine rings is 1. The maximum Gasteiger partial charge on any atom is 0.409 e. The molecule has 1 aromatic carbocycles. The molecule has 3 aromatic heterocycles. The van der Waals surface area contributed by atoms with Gasteiger partial charge in [-0.2, -0.15) is 9.50 Å². The lowest BCUT2D eigenvalue weighted by Gasteiger charge is -2.38. The van der Waals surface area contributed by atoms with Crippen LogP contribution in [0.3, 0.4) is 0 Å². The highest BCUT2D eigenvalue weighted by atomic mass is 79.9. The van der Waals surface area contributed by atoms with Crippen LogP contribution in [0.1, 0.15) is 23.4 Å². The summed E-state index contributed by atoms with van der Waals surface area (Å²) in [5, 5.41) is 15.6. The van der Waals surface area contributed by atoms with Crippen LogP contribution < -0.4 is 0 Å². The van der Waals surface area contributed by atoms with Crippen molar-refractivity contribution in [2.45, 2.75) is 13.0 Å². The van der Waals surface area contributed by atoms with E-state index in [9.17, 15) is 9.90 Å². The second-order valence-corrected chi connectivity index (χ2v) is 9.50. The molecule has 1 aliphatic heterocycles. The van der Waals surface area contributed by atoms with Gasteiger partial charge in [-0.05, 0) is 36.8 Å². The zero-order valence-electron chi connectivity index (χ0n) is 17.8. The van der Waals surface area contributed by atoms with Crippen LogP contribution in [0.4, 0.5) is 4.79 Å². The predicted octanol–water partition coefficient (Wildman–Crippen LogP) is 4.38. The zero-order valence-corrected chi connectivity index (χ0v) is 20.3. The number of aromatic hydroxyl groups is 1. The molecular formula is C22H22BrN5O4S. The number of amides is 1. The highest BCUT2D eigenvalue weighted by Gasteiger charge is 2.33. The summed E-state index contributed by atoms with van der Waals surface area (Å²) in [6, 6.07) is 11.4. The highest BCUT2D eigenvalue weighted by molar-refractivity contribution is 9.10. The summed E-state index contributed by atoms with van der Waals surface area (Å²) >= 11 is 4.96. The van der Waals surface area contributed by atoms with Gasteiger partial charge in [0, 0.05) is 30.7 Å². The molecule has 1 aliphatic rings. The average molecular weight is 532 g/mol. The minimum atomic E-state index is -0.289. The number of carbonyl (C=O) groups excluding carboxylic acids is 1. The van der Waals surface area contributed by atoms with Gasteiger partial charge >= 0.3 is 6.09 Å². The molecule has 4 aromatic rings. The minimum Gasteiger partial charge on any atom is -0.492 e. The Hall–Kier alpha value is -2.89. The molecular weight excluding hydrogens is 510 g/mol. The summed E-state index contributed by atoms with van der Waals surface area (Å²) in [5.41, 5.74) is 1.03. The van der Waals surface area contributed by atoms with E-state index in [0.717, 1.165) is 14.9 Å². The van der Waals surface area contributed by atoms with Crippen LogP contribution in [-0.4, -0.2) is 68.4 Å². The summed E-state index contributed by atoms with van der Waals surface area (Å²) < 4.78 is 12.9. The van der Waals surface area contributed by atoms with Crippen molar-refractivity contribution in [3.63, 3.8) is 0 Å². The van der Waals surface area contributed by atoms with Crippen LogP contribution in [0.5, 0.6) is 5.88 Å². The second kappa shape index (κ2) is 9.16. The highest BCUT2D eigenvalue weighted by Crippen LogP contribution is 2.41. The van der Waals surface area contributed by atoms with Crippen molar-refractivity contribution in [1.82, 2.24) is 24.4 Å². The van der Waals surface area contributed by atoms with E-state index in [4.69, 9.17) is 9.15 Å². The molecule has 1 fully saturated rings. The predicted molar refractivity (Wildman–Crippen MR) is 126 cm³/mol. The number of aromatic nitrogens is 3. The SMILES string of the molecule is CCOC(=O)N1CCN([C@@H](c2cccc(Br)c2)c2sc3nc(-c4ccco4)nn3c2O)CC1. The molecule has 1 amide bonds. The van der Waals surface area contributed by atoms with Gasteiger partial charge in [0.2, 0.25) is 16.7 Å². The van der Waals surface area contributed by atoms with Crippen molar-refractivity contribution in [3.05, 3.63) is 57.6 Å². The molecule has 1 N–H and O–H groups in total. The maximum atomic E-state index is 12.1. The lowest BCUT2D eigenvalue weighted by molar-refractivity contribution is 0.0715. The summed E-state index contributed by atoms with van der Waals surface area (Å²) in [4.78, 5) is 22.0. The number of hydrogen-bond donors (Lipinski definition) is 1. The van der Waals surface area contributed by atoms with Gasteiger partial charge in [0.05, 0.1) is 23.8 Å². The average Bonchev–Trinajstić information content (AvgIpc) is 3.54. The Morgan fingerprint density at radius 3 is 2.76 bits per heavy atom. The van der Waals surface area contributed by atoms with Crippen molar-refractivity contribution in [2.24, 2.45) is 0 Å². The zero-order chi connectivity index (χ0) is 22.9. The lowest BCUT2D eigenvalue weighted by Crippen LogP contribution is -2.49. The number of halogens is 1. The molecule has 0 spiro atoms. The van der Waals surface area contributed by atoms with Gasteiger partial charge in [0.15, 0.2) is 5.76 Å². The first-order valence-corrected chi connectivity index (χ1v) is 12.2. The van der Waals surface area contributed by atoms with E-state index in [0.29, 0.717) is 49.3 Å². The third-order valence-corrected chi connectivity index (χ3v) is 7.13. The van der Waals surface area contributed by atoms with Gasteiger partial charge in [-0.25, -0.2) is 4.79 Å². The number of furan rings is 1. The number of nitrogens with zero attached hydrogens (tertiary/aromatic N) is 5. The summed E-state index contributed by atoms with van der Waals surface area (Å²) in [5.74, 6) is 1.03. The molecule has 0 saturated carbocycles. The van der Waals surface area contributed by atoms with Gasteiger partial charge in [0.25, 0.3) is 0 Å². The molecule has 0 bridgehead atoms. The molecule has 5 rings (SSSR count). The third-order valence-electron chi connectivity index (χ3n) is 5.56. The Morgan fingerprint density at radius 1 is 1.27 bits per heavy atom. The Balaban J connectivity index is 1.49. The van der Waals surface area contributed by atoms with Crippen LogP contribution in [0.2, 0.25) is 0 Å². The topological polar surface area (TPSA) is 96.3 Å². The lowest BCUT2D eigenvalue weighted by atomic mass is 10.0. The molecule has 172 valence electrons. The van der Waals surface area contributed by atoms with E-state index in [-0.39, 0.29) is 18.0 Å². The van der Waals surface area contributed by atoms with Crippen LogP contribution in [0.25, 0.3) is 16.5 Å². The van der Waals surface area contributed by atoms with E-state index in [2.05, 4.69) is 30.9 Å². The van der Waals surface area contributed by atoms with E-state index in [1.165, 1.54) is 15.9 Å². The summed E-state index contributed by atoms with van der Waals surface area (Å²) in [6.07, 6.45) is 1.28. The first-order valence-electron chi connectivity index (χ1n) is 10.6. The molecule has 1 saturated heterocycles. The molecule has 0 aliphatic carbocycles. The van der Waals surface area contributed by atoms with E-state index < -0.39 is 0 Å². The summed E-state index contributed by atoms with van der Waals surface area (Å²) in [7, 11) is 0. The minimum absolute atomic E-state index is 0.0538. The van der Waals surface area contributed by atoms with Crippen LogP contribution in [0.15, 0.2) is 51.6 Å². The Bertz CT molecular complexity index is 1260. The van der Waals surface area contributed by atoms with E-state index in [1.54, 1.807) is 30.2 Å². The third kappa shape index (κ3) is 4.23. The molecule has 0 radical (unpaired) electrons. The van der Waals surface area contributed by atoms with Crippen molar-refractivity contribution in [2.75, 3.05) is 32.8 Å². The number of ether oxygens (including phenoxy) is 1. The van der Waals surface area contributed by atoms with Crippen LogP contribution in [0, 0.1) is 0 Å². The van der Waals surface area contributed by atoms with Crippen LogP contribution in [-0.2, 0) is 4.74 Å². The number of benzene rings is 1. The fourth-order valence-electron chi connectivity index (χ4n) is 4.02. The Morgan fingerprint density at radius 2 is 2.09 bits per heavy atom. The fourth-order valence-corrected chi connectivity index (χ4v) is 5.55. The van der Waals surface area contributed by atoms with Gasteiger partial charge in [-0.1, -0.05) is 39.4 Å². The van der Waals surface area contributed by atoms with Crippen molar-refractivity contribution in [3.8, 4) is 17.5 Å². The Kier molecular flexibility index (Phi) is 6.09. The normalized spacial score (nSPS) is 15.8. The first kappa shape index (κ1) is 21.9. The molecule has 4 heterocycles. The first-order chi connectivity index (χ1) is 16.0.